The Bertz CT molecular complexity index is 445. The second kappa shape index (κ2) is 4.45. The van der Waals surface area contributed by atoms with Gasteiger partial charge in [-0.1, -0.05) is 6.07 Å². The molecule has 0 atom stereocenters. The molecular formula is C12H17N3. The Morgan fingerprint density at radius 2 is 2.27 bits per heavy atom. The third-order valence-electron chi connectivity index (χ3n) is 2.53. The highest BCUT2D eigenvalue weighted by Crippen LogP contribution is 2.13. The summed E-state index contributed by atoms with van der Waals surface area (Å²) in [6.45, 7) is 3.13. The number of aryl methyl sites for hydroxylation is 2. The van der Waals surface area contributed by atoms with Crippen molar-refractivity contribution in [2.75, 3.05) is 13.6 Å². The molecule has 1 aromatic heterocycles. The quantitative estimate of drug-likeness (QED) is 0.746. The van der Waals surface area contributed by atoms with Gasteiger partial charge in [0.1, 0.15) is 5.82 Å². The fourth-order valence-electron chi connectivity index (χ4n) is 1.72. The van der Waals surface area contributed by atoms with E-state index in [0.717, 1.165) is 36.2 Å². The molecule has 0 aliphatic heterocycles. The standard InChI is InChI=1S/C12H17N3/c1-9-5-6-10-11(8-9)15-12(14-10)4-3-7-13-2/h5-6,8,13H,3-4,7H2,1-2H3,(H,14,15). The summed E-state index contributed by atoms with van der Waals surface area (Å²) < 4.78 is 0. The van der Waals surface area contributed by atoms with Crippen LogP contribution in [0.1, 0.15) is 17.8 Å². The second-order valence-electron chi connectivity index (χ2n) is 3.91. The average molecular weight is 203 g/mol. The summed E-state index contributed by atoms with van der Waals surface area (Å²) in [5, 5.41) is 3.14. The first-order valence-corrected chi connectivity index (χ1v) is 5.39. The molecule has 80 valence electrons. The number of rotatable bonds is 4. The molecule has 0 saturated heterocycles. The molecule has 0 spiro atoms. The summed E-state index contributed by atoms with van der Waals surface area (Å²) in [6.07, 6.45) is 2.13. The monoisotopic (exact) mass is 203 g/mol. The second-order valence-corrected chi connectivity index (χ2v) is 3.91. The number of benzene rings is 1. The largest absolute Gasteiger partial charge is 0.342 e. The number of nitrogens with zero attached hydrogens (tertiary/aromatic N) is 1. The van der Waals surface area contributed by atoms with Crippen molar-refractivity contribution >= 4 is 11.0 Å². The van der Waals surface area contributed by atoms with E-state index in [1.807, 2.05) is 7.05 Å². The molecule has 0 amide bonds. The molecule has 0 fully saturated rings. The zero-order chi connectivity index (χ0) is 10.7. The van der Waals surface area contributed by atoms with Crippen LogP contribution in [-0.4, -0.2) is 23.6 Å². The molecule has 0 bridgehead atoms. The third-order valence-corrected chi connectivity index (χ3v) is 2.53. The number of imidazole rings is 1. The number of aromatic amines is 1. The van der Waals surface area contributed by atoms with Crippen LogP contribution in [-0.2, 0) is 6.42 Å². The Kier molecular flexibility index (Phi) is 3.02. The van der Waals surface area contributed by atoms with Crippen LogP contribution in [0, 0.1) is 6.92 Å². The minimum Gasteiger partial charge on any atom is -0.342 e. The zero-order valence-corrected chi connectivity index (χ0v) is 9.30. The van der Waals surface area contributed by atoms with E-state index in [2.05, 4.69) is 40.4 Å². The maximum absolute atomic E-state index is 4.56. The first-order valence-electron chi connectivity index (χ1n) is 5.39. The van der Waals surface area contributed by atoms with E-state index >= 15 is 0 Å². The average Bonchev–Trinajstić information content (AvgIpc) is 2.60. The molecule has 0 aliphatic carbocycles. The van der Waals surface area contributed by atoms with Gasteiger partial charge in [0.25, 0.3) is 0 Å². The van der Waals surface area contributed by atoms with E-state index in [1.165, 1.54) is 5.56 Å². The van der Waals surface area contributed by atoms with E-state index < -0.39 is 0 Å². The van der Waals surface area contributed by atoms with Gasteiger partial charge in [-0.25, -0.2) is 4.98 Å². The van der Waals surface area contributed by atoms with Gasteiger partial charge in [-0.05, 0) is 44.6 Å². The molecule has 0 aliphatic rings. The molecule has 0 radical (unpaired) electrons. The van der Waals surface area contributed by atoms with Crippen molar-refractivity contribution in [3.05, 3.63) is 29.6 Å². The maximum atomic E-state index is 4.56. The smallest absolute Gasteiger partial charge is 0.107 e. The van der Waals surface area contributed by atoms with Gasteiger partial charge < -0.3 is 10.3 Å². The fraction of sp³-hybridized carbons (Fsp3) is 0.417. The Morgan fingerprint density at radius 1 is 1.40 bits per heavy atom. The van der Waals surface area contributed by atoms with Gasteiger partial charge in [0, 0.05) is 6.42 Å². The highest BCUT2D eigenvalue weighted by Gasteiger charge is 2.01. The van der Waals surface area contributed by atoms with Gasteiger partial charge in [0.2, 0.25) is 0 Å². The number of hydrogen-bond acceptors (Lipinski definition) is 2. The van der Waals surface area contributed by atoms with Crippen molar-refractivity contribution in [2.45, 2.75) is 19.8 Å². The van der Waals surface area contributed by atoms with Gasteiger partial charge in [-0.15, -0.1) is 0 Å². The molecule has 2 N–H and O–H groups in total. The number of fused-ring (bicyclic) bond motifs is 1. The van der Waals surface area contributed by atoms with Crippen molar-refractivity contribution in [1.29, 1.82) is 0 Å². The van der Waals surface area contributed by atoms with E-state index in [0.29, 0.717) is 0 Å². The Balaban J connectivity index is 2.16. The summed E-state index contributed by atoms with van der Waals surface area (Å²) in [6, 6.07) is 6.32. The van der Waals surface area contributed by atoms with Crippen LogP contribution >= 0.6 is 0 Å². The van der Waals surface area contributed by atoms with Crippen LogP contribution in [0.15, 0.2) is 18.2 Å². The van der Waals surface area contributed by atoms with Gasteiger partial charge >= 0.3 is 0 Å². The Morgan fingerprint density at radius 3 is 3.07 bits per heavy atom. The topological polar surface area (TPSA) is 40.7 Å². The first-order chi connectivity index (χ1) is 7.29. The van der Waals surface area contributed by atoms with E-state index in [-0.39, 0.29) is 0 Å². The predicted octanol–water partition coefficient (Wildman–Crippen LogP) is 2.02. The van der Waals surface area contributed by atoms with Gasteiger partial charge in [0.15, 0.2) is 0 Å². The van der Waals surface area contributed by atoms with Crippen molar-refractivity contribution < 1.29 is 0 Å². The molecule has 15 heavy (non-hydrogen) atoms. The maximum Gasteiger partial charge on any atom is 0.107 e. The van der Waals surface area contributed by atoms with Crippen molar-refractivity contribution in [3.8, 4) is 0 Å². The fourth-order valence-corrected chi connectivity index (χ4v) is 1.72. The number of H-pyrrole nitrogens is 1. The third kappa shape index (κ3) is 2.36. The Hall–Kier alpha value is -1.35. The van der Waals surface area contributed by atoms with E-state index in [9.17, 15) is 0 Å². The predicted molar refractivity (Wildman–Crippen MR) is 63.1 cm³/mol. The number of aromatic nitrogens is 2. The van der Waals surface area contributed by atoms with Crippen LogP contribution < -0.4 is 5.32 Å². The normalized spacial score (nSPS) is 11.1. The van der Waals surface area contributed by atoms with E-state index in [1.54, 1.807) is 0 Å². The van der Waals surface area contributed by atoms with Crippen molar-refractivity contribution in [1.82, 2.24) is 15.3 Å². The lowest BCUT2D eigenvalue weighted by Crippen LogP contribution is -2.08. The SMILES string of the molecule is CNCCCc1nc2cc(C)ccc2[nH]1. The summed E-state index contributed by atoms with van der Waals surface area (Å²) >= 11 is 0. The number of nitrogens with one attached hydrogen (secondary N) is 2. The molecule has 0 saturated carbocycles. The van der Waals surface area contributed by atoms with Crippen LogP contribution in [0.2, 0.25) is 0 Å². The van der Waals surface area contributed by atoms with Crippen LogP contribution in [0.5, 0.6) is 0 Å². The highest BCUT2D eigenvalue weighted by molar-refractivity contribution is 5.75. The zero-order valence-electron chi connectivity index (χ0n) is 9.30. The van der Waals surface area contributed by atoms with Crippen LogP contribution in [0.3, 0.4) is 0 Å². The van der Waals surface area contributed by atoms with Gasteiger partial charge in [0.05, 0.1) is 11.0 Å². The molecule has 0 unspecified atom stereocenters. The highest BCUT2D eigenvalue weighted by atomic mass is 14.9. The molecule has 3 nitrogen and oxygen atoms in total. The first kappa shape index (κ1) is 10.2. The summed E-state index contributed by atoms with van der Waals surface area (Å²) in [5.41, 5.74) is 3.48. The summed E-state index contributed by atoms with van der Waals surface area (Å²) in [7, 11) is 1.97. The molecule has 1 aromatic carbocycles. The lowest BCUT2D eigenvalue weighted by Gasteiger charge is -1.95. The lowest BCUT2D eigenvalue weighted by atomic mass is 10.2. The van der Waals surface area contributed by atoms with Crippen molar-refractivity contribution in [3.63, 3.8) is 0 Å². The minimum atomic E-state index is 1.01. The van der Waals surface area contributed by atoms with E-state index in [4.69, 9.17) is 0 Å². The number of hydrogen-bond donors (Lipinski definition) is 2. The molecule has 2 aromatic rings. The summed E-state index contributed by atoms with van der Waals surface area (Å²) in [5.74, 6) is 1.09. The minimum absolute atomic E-state index is 1.01. The molecule has 1 heterocycles. The van der Waals surface area contributed by atoms with Gasteiger partial charge in [-0.2, -0.15) is 0 Å². The Labute approximate surface area is 89.9 Å². The van der Waals surface area contributed by atoms with Crippen LogP contribution in [0.25, 0.3) is 11.0 Å². The van der Waals surface area contributed by atoms with Gasteiger partial charge in [-0.3, -0.25) is 0 Å². The molecule has 3 heteroatoms. The van der Waals surface area contributed by atoms with Crippen LogP contribution in [0.4, 0.5) is 0 Å². The van der Waals surface area contributed by atoms with Crippen molar-refractivity contribution in [2.24, 2.45) is 0 Å². The lowest BCUT2D eigenvalue weighted by molar-refractivity contribution is 0.709. The summed E-state index contributed by atoms with van der Waals surface area (Å²) in [4.78, 5) is 7.90. The molecular weight excluding hydrogens is 186 g/mol. The molecule has 2 rings (SSSR count).